The monoisotopic (exact) mass is 314 g/mol. The van der Waals surface area contributed by atoms with Crippen molar-refractivity contribution >= 4 is 11.3 Å². The van der Waals surface area contributed by atoms with Gasteiger partial charge in [-0.1, -0.05) is 42.5 Å². The zero-order valence-electron chi connectivity index (χ0n) is 13.4. The van der Waals surface area contributed by atoms with Crippen molar-refractivity contribution in [2.24, 2.45) is 0 Å². The van der Waals surface area contributed by atoms with E-state index >= 15 is 0 Å². The number of hydrogen-bond acceptors (Lipinski definition) is 3. The molecule has 0 aliphatic heterocycles. The molecule has 0 aliphatic carbocycles. The molecule has 24 heavy (non-hydrogen) atoms. The highest BCUT2D eigenvalue weighted by Crippen LogP contribution is 2.25. The van der Waals surface area contributed by atoms with E-state index in [-0.39, 0.29) is 6.04 Å². The van der Waals surface area contributed by atoms with Gasteiger partial charge in [0.15, 0.2) is 0 Å². The van der Waals surface area contributed by atoms with Gasteiger partial charge >= 0.3 is 0 Å². The molecule has 4 aromatic rings. The van der Waals surface area contributed by atoms with E-state index in [0.717, 1.165) is 22.6 Å². The van der Waals surface area contributed by atoms with Crippen molar-refractivity contribution in [2.45, 2.75) is 13.0 Å². The van der Waals surface area contributed by atoms with E-state index in [2.05, 4.69) is 47.7 Å². The average Bonchev–Trinajstić information content (AvgIpc) is 3.07. The molecular formula is C20H18N4. The van der Waals surface area contributed by atoms with Gasteiger partial charge in [-0.25, -0.2) is 9.50 Å². The van der Waals surface area contributed by atoms with Crippen molar-refractivity contribution in [3.63, 3.8) is 0 Å². The lowest BCUT2D eigenvalue weighted by Gasteiger charge is -2.15. The van der Waals surface area contributed by atoms with Gasteiger partial charge in [0.05, 0.1) is 17.4 Å². The Bertz CT molecular complexity index is 959. The number of anilines is 1. The van der Waals surface area contributed by atoms with Crippen molar-refractivity contribution in [3.05, 3.63) is 84.7 Å². The van der Waals surface area contributed by atoms with Crippen molar-refractivity contribution in [1.82, 2.24) is 14.6 Å². The molecular weight excluding hydrogens is 296 g/mol. The Morgan fingerprint density at radius 2 is 1.75 bits per heavy atom. The number of rotatable bonds is 4. The Morgan fingerprint density at radius 3 is 2.62 bits per heavy atom. The maximum absolute atomic E-state index is 4.77. The number of nitrogens with zero attached hydrogens (tertiary/aromatic N) is 3. The lowest BCUT2D eigenvalue weighted by Crippen LogP contribution is -2.07. The molecule has 0 saturated carbocycles. The van der Waals surface area contributed by atoms with Gasteiger partial charge in [0, 0.05) is 17.8 Å². The van der Waals surface area contributed by atoms with Crippen LogP contribution in [-0.2, 0) is 0 Å². The summed E-state index contributed by atoms with van der Waals surface area (Å²) in [6.07, 6.45) is 3.81. The van der Waals surface area contributed by atoms with Crippen LogP contribution in [0.4, 0.5) is 5.82 Å². The SMILES string of the molecule is CC(Nc1cccc(-c2cnn3ccccc23)n1)c1ccccc1. The Kier molecular flexibility index (Phi) is 3.71. The van der Waals surface area contributed by atoms with Crippen molar-refractivity contribution in [1.29, 1.82) is 0 Å². The third-order valence-electron chi connectivity index (χ3n) is 4.12. The third kappa shape index (κ3) is 2.74. The molecule has 118 valence electrons. The minimum Gasteiger partial charge on any atom is -0.364 e. The topological polar surface area (TPSA) is 42.2 Å². The zero-order valence-corrected chi connectivity index (χ0v) is 13.4. The Morgan fingerprint density at radius 1 is 0.917 bits per heavy atom. The molecule has 3 heterocycles. The summed E-state index contributed by atoms with van der Waals surface area (Å²) in [6.45, 7) is 2.14. The van der Waals surface area contributed by atoms with Crippen LogP contribution in [0.15, 0.2) is 79.1 Å². The van der Waals surface area contributed by atoms with Crippen LogP contribution in [0.25, 0.3) is 16.8 Å². The van der Waals surface area contributed by atoms with E-state index in [1.807, 2.05) is 53.3 Å². The van der Waals surface area contributed by atoms with Gasteiger partial charge in [0.2, 0.25) is 0 Å². The predicted octanol–water partition coefficient (Wildman–Crippen LogP) is 4.57. The van der Waals surface area contributed by atoms with Gasteiger partial charge < -0.3 is 5.32 Å². The highest BCUT2D eigenvalue weighted by atomic mass is 15.2. The zero-order chi connectivity index (χ0) is 16.4. The summed E-state index contributed by atoms with van der Waals surface area (Å²) in [5, 5.41) is 7.86. The van der Waals surface area contributed by atoms with E-state index in [4.69, 9.17) is 4.98 Å². The fraction of sp³-hybridized carbons (Fsp3) is 0.100. The van der Waals surface area contributed by atoms with Crippen LogP contribution in [-0.4, -0.2) is 14.6 Å². The second-order valence-corrected chi connectivity index (χ2v) is 5.77. The van der Waals surface area contributed by atoms with Gasteiger partial charge in [0.1, 0.15) is 5.82 Å². The van der Waals surface area contributed by atoms with Crippen molar-refractivity contribution < 1.29 is 0 Å². The Balaban J connectivity index is 1.64. The van der Waals surface area contributed by atoms with Crippen molar-refractivity contribution in [3.8, 4) is 11.3 Å². The molecule has 4 rings (SSSR count). The first-order valence-electron chi connectivity index (χ1n) is 8.02. The van der Waals surface area contributed by atoms with E-state index in [0.29, 0.717) is 0 Å². The second-order valence-electron chi connectivity index (χ2n) is 5.77. The van der Waals surface area contributed by atoms with Crippen molar-refractivity contribution in [2.75, 3.05) is 5.32 Å². The highest BCUT2D eigenvalue weighted by molar-refractivity contribution is 5.78. The molecule has 4 nitrogen and oxygen atoms in total. The molecule has 3 aromatic heterocycles. The molecule has 4 heteroatoms. The molecule has 0 saturated heterocycles. The van der Waals surface area contributed by atoms with Crippen LogP contribution in [0.5, 0.6) is 0 Å². The van der Waals surface area contributed by atoms with E-state index in [9.17, 15) is 0 Å². The summed E-state index contributed by atoms with van der Waals surface area (Å²) < 4.78 is 1.86. The summed E-state index contributed by atoms with van der Waals surface area (Å²) in [4.78, 5) is 4.77. The first-order chi connectivity index (χ1) is 11.8. The lowest BCUT2D eigenvalue weighted by molar-refractivity contribution is 0.875. The minimum absolute atomic E-state index is 0.192. The number of nitrogens with one attached hydrogen (secondary N) is 1. The van der Waals surface area contributed by atoms with E-state index in [1.54, 1.807) is 0 Å². The quantitative estimate of drug-likeness (QED) is 0.600. The number of pyridine rings is 2. The molecule has 0 fully saturated rings. The maximum atomic E-state index is 4.77. The molecule has 0 bridgehead atoms. The summed E-state index contributed by atoms with van der Waals surface area (Å²) >= 11 is 0. The van der Waals surface area contributed by atoms with Gasteiger partial charge in [-0.05, 0) is 36.8 Å². The van der Waals surface area contributed by atoms with Crippen LogP contribution >= 0.6 is 0 Å². The first-order valence-corrected chi connectivity index (χ1v) is 8.02. The first kappa shape index (κ1) is 14.5. The van der Waals surface area contributed by atoms with Gasteiger partial charge in [-0.3, -0.25) is 0 Å². The summed E-state index contributed by atoms with van der Waals surface area (Å²) in [7, 11) is 0. The van der Waals surface area contributed by atoms with Gasteiger partial charge in [-0.2, -0.15) is 5.10 Å². The average molecular weight is 314 g/mol. The number of aromatic nitrogens is 3. The van der Waals surface area contributed by atoms with Crippen LogP contribution in [0.2, 0.25) is 0 Å². The summed E-state index contributed by atoms with van der Waals surface area (Å²) in [6, 6.07) is 22.6. The van der Waals surface area contributed by atoms with Crippen LogP contribution in [0.3, 0.4) is 0 Å². The highest BCUT2D eigenvalue weighted by Gasteiger charge is 2.10. The second kappa shape index (κ2) is 6.16. The molecule has 1 aromatic carbocycles. The molecule has 0 aliphatic rings. The smallest absolute Gasteiger partial charge is 0.127 e. The third-order valence-corrected chi connectivity index (χ3v) is 4.12. The molecule has 1 unspecified atom stereocenters. The van der Waals surface area contributed by atoms with E-state index < -0.39 is 0 Å². The van der Waals surface area contributed by atoms with Crippen LogP contribution in [0, 0.1) is 0 Å². The molecule has 1 N–H and O–H groups in total. The molecule has 1 atom stereocenters. The number of fused-ring (bicyclic) bond motifs is 1. The van der Waals surface area contributed by atoms with E-state index in [1.165, 1.54) is 5.56 Å². The minimum atomic E-state index is 0.192. The normalized spacial score (nSPS) is 12.2. The largest absolute Gasteiger partial charge is 0.364 e. The fourth-order valence-corrected chi connectivity index (χ4v) is 2.84. The maximum Gasteiger partial charge on any atom is 0.127 e. The molecule has 0 amide bonds. The lowest BCUT2D eigenvalue weighted by atomic mass is 10.1. The van der Waals surface area contributed by atoms with Crippen LogP contribution < -0.4 is 5.32 Å². The van der Waals surface area contributed by atoms with Crippen LogP contribution in [0.1, 0.15) is 18.5 Å². The summed E-state index contributed by atoms with van der Waals surface area (Å²) in [5.41, 5.74) is 4.24. The standard InChI is InChI=1S/C20H18N4/c1-15(16-8-3-2-4-9-16)22-20-12-7-10-18(23-20)17-14-21-24-13-6-5-11-19(17)24/h2-15H,1H3,(H,22,23). The number of benzene rings is 1. The molecule has 0 spiro atoms. The van der Waals surface area contributed by atoms with Gasteiger partial charge in [0.25, 0.3) is 0 Å². The molecule has 0 radical (unpaired) electrons. The summed E-state index contributed by atoms with van der Waals surface area (Å²) in [5.74, 6) is 0.860. The Labute approximate surface area is 140 Å². The van der Waals surface area contributed by atoms with Gasteiger partial charge in [-0.15, -0.1) is 0 Å². The fourth-order valence-electron chi connectivity index (χ4n) is 2.84. The number of hydrogen-bond donors (Lipinski definition) is 1. The predicted molar refractivity (Wildman–Crippen MR) is 96.9 cm³/mol. The Hall–Kier alpha value is -3.14.